The minimum atomic E-state index is -0.242. The molecule has 1 atom stereocenters. The van der Waals surface area contributed by atoms with Crippen molar-refractivity contribution in [1.29, 1.82) is 0 Å². The molecular weight excluding hydrogens is 282 g/mol. The van der Waals surface area contributed by atoms with Crippen LogP contribution >= 0.6 is 0 Å². The molecule has 2 aromatic heterocycles. The van der Waals surface area contributed by atoms with Crippen LogP contribution in [0.5, 0.6) is 0 Å². The summed E-state index contributed by atoms with van der Waals surface area (Å²) in [5, 5.41) is 11.4. The van der Waals surface area contributed by atoms with Crippen molar-refractivity contribution in [3.05, 3.63) is 30.4 Å². The highest BCUT2D eigenvalue weighted by Crippen LogP contribution is 2.29. The largest absolute Gasteiger partial charge is 0.383 e. The Kier molecular flexibility index (Phi) is 4.43. The van der Waals surface area contributed by atoms with Gasteiger partial charge in [-0.25, -0.2) is 0 Å². The van der Waals surface area contributed by atoms with Crippen LogP contribution in [0, 0.1) is 0 Å². The van der Waals surface area contributed by atoms with Crippen LogP contribution in [-0.2, 0) is 16.1 Å². The Morgan fingerprint density at radius 1 is 1.41 bits per heavy atom. The van der Waals surface area contributed by atoms with Gasteiger partial charge in [0.2, 0.25) is 5.91 Å². The Bertz CT molecular complexity index is 641. The van der Waals surface area contributed by atoms with Gasteiger partial charge in [-0.15, -0.1) is 10.2 Å². The number of pyridine rings is 1. The molecule has 1 unspecified atom stereocenters. The van der Waals surface area contributed by atoms with Crippen LogP contribution in [0.2, 0.25) is 0 Å². The molecule has 0 saturated carbocycles. The zero-order valence-electron chi connectivity index (χ0n) is 12.5. The number of methoxy groups -OCH3 is 1. The summed E-state index contributed by atoms with van der Waals surface area (Å²) in [7, 11) is 1.62. The van der Waals surface area contributed by atoms with E-state index in [0.29, 0.717) is 13.2 Å². The topological polar surface area (TPSA) is 81.9 Å². The molecule has 0 bridgehead atoms. The van der Waals surface area contributed by atoms with Crippen molar-refractivity contribution in [2.24, 2.45) is 0 Å². The predicted octanol–water partition coefficient (Wildman–Crippen LogP) is 0.980. The Morgan fingerprint density at radius 2 is 2.23 bits per heavy atom. The van der Waals surface area contributed by atoms with Crippen molar-refractivity contribution in [1.82, 2.24) is 25.1 Å². The second-order valence-electron chi connectivity index (χ2n) is 5.25. The van der Waals surface area contributed by atoms with Crippen LogP contribution < -0.4 is 5.32 Å². The maximum Gasteiger partial charge on any atom is 0.230 e. The quantitative estimate of drug-likeness (QED) is 0.833. The van der Waals surface area contributed by atoms with Gasteiger partial charge in [0, 0.05) is 38.2 Å². The van der Waals surface area contributed by atoms with Crippen LogP contribution in [0.3, 0.4) is 0 Å². The number of amides is 1. The molecule has 1 aliphatic heterocycles. The monoisotopic (exact) mass is 301 g/mol. The SMILES string of the molecule is COCCNC(=O)C1CCCn2c(-c3ccncc3)nnc21. The zero-order valence-corrected chi connectivity index (χ0v) is 12.5. The van der Waals surface area contributed by atoms with Crippen molar-refractivity contribution in [3.8, 4) is 11.4 Å². The van der Waals surface area contributed by atoms with E-state index in [1.165, 1.54) is 0 Å². The first-order valence-corrected chi connectivity index (χ1v) is 7.41. The fourth-order valence-corrected chi connectivity index (χ4v) is 2.74. The molecule has 1 aliphatic rings. The van der Waals surface area contributed by atoms with E-state index in [1.807, 2.05) is 16.7 Å². The number of carbonyl (C=O) groups excluding carboxylic acids is 1. The molecule has 0 fully saturated rings. The van der Waals surface area contributed by atoms with Crippen LogP contribution in [-0.4, -0.2) is 45.9 Å². The van der Waals surface area contributed by atoms with Crippen LogP contribution in [0.25, 0.3) is 11.4 Å². The van der Waals surface area contributed by atoms with E-state index in [2.05, 4.69) is 20.5 Å². The summed E-state index contributed by atoms with van der Waals surface area (Å²) >= 11 is 0. The molecule has 1 N–H and O–H groups in total. The molecule has 3 rings (SSSR count). The summed E-state index contributed by atoms with van der Waals surface area (Å²) in [5.41, 5.74) is 0.967. The molecule has 0 radical (unpaired) electrons. The summed E-state index contributed by atoms with van der Waals surface area (Å²) in [6.45, 7) is 1.85. The fraction of sp³-hybridized carbons (Fsp3) is 0.467. The van der Waals surface area contributed by atoms with Crippen molar-refractivity contribution in [2.45, 2.75) is 25.3 Å². The summed E-state index contributed by atoms with van der Waals surface area (Å²) < 4.78 is 7.00. The molecule has 0 aliphatic carbocycles. The molecule has 22 heavy (non-hydrogen) atoms. The first-order chi connectivity index (χ1) is 10.8. The highest BCUT2D eigenvalue weighted by atomic mass is 16.5. The van der Waals surface area contributed by atoms with Gasteiger partial charge in [-0.3, -0.25) is 9.78 Å². The Labute approximate surface area is 128 Å². The van der Waals surface area contributed by atoms with Crippen LogP contribution in [0.1, 0.15) is 24.6 Å². The molecule has 0 spiro atoms. The lowest BCUT2D eigenvalue weighted by Crippen LogP contribution is -2.35. The van der Waals surface area contributed by atoms with Gasteiger partial charge in [-0.1, -0.05) is 0 Å². The van der Waals surface area contributed by atoms with Gasteiger partial charge in [0.15, 0.2) is 5.82 Å². The highest BCUT2D eigenvalue weighted by molar-refractivity contribution is 5.83. The van der Waals surface area contributed by atoms with E-state index in [9.17, 15) is 4.79 Å². The summed E-state index contributed by atoms with van der Waals surface area (Å²) in [6.07, 6.45) is 5.20. The van der Waals surface area contributed by atoms with Gasteiger partial charge in [-0.05, 0) is 25.0 Å². The van der Waals surface area contributed by atoms with E-state index in [0.717, 1.165) is 36.6 Å². The van der Waals surface area contributed by atoms with E-state index in [-0.39, 0.29) is 11.8 Å². The third-order valence-electron chi connectivity index (χ3n) is 3.83. The minimum Gasteiger partial charge on any atom is -0.383 e. The maximum atomic E-state index is 12.3. The van der Waals surface area contributed by atoms with Gasteiger partial charge in [-0.2, -0.15) is 0 Å². The van der Waals surface area contributed by atoms with Gasteiger partial charge < -0.3 is 14.6 Å². The molecule has 1 amide bonds. The average molecular weight is 301 g/mol. The Morgan fingerprint density at radius 3 is 3.00 bits per heavy atom. The first-order valence-electron chi connectivity index (χ1n) is 7.41. The number of carbonyl (C=O) groups is 1. The van der Waals surface area contributed by atoms with E-state index >= 15 is 0 Å². The van der Waals surface area contributed by atoms with Crippen LogP contribution in [0.15, 0.2) is 24.5 Å². The molecule has 0 aromatic carbocycles. The molecule has 7 heteroatoms. The lowest BCUT2D eigenvalue weighted by Gasteiger charge is -2.23. The van der Waals surface area contributed by atoms with Crippen molar-refractivity contribution >= 4 is 5.91 Å². The average Bonchev–Trinajstić information content (AvgIpc) is 2.99. The molecule has 0 saturated heterocycles. The second kappa shape index (κ2) is 6.65. The van der Waals surface area contributed by atoms with Gasteiger partial charge >= 0.3 is 0 Å². The number of hydrogen-bond acceptors (Lipinski definition) is 5. The standard InChI is InChI=1S/C15H19N5O2/c1-22-10-8-17-15(21)12-3-2-9-20-13(18-19-14(12)20)11-4-6-16-7-5-11/h4-7,12H,2-3,8-10H2,1H3,(H,17,21). The maximum absolute atomic E-state index is 12.3. The predicted molar refractivity (Wildman–Crippen MR) is 80.1 cm³/mol. The smallest absolute Gasteiger partial charge is 0.230 e. The second-order valence-corrected chi connectivity index (χ2v) is 5.25. The lowest BCUT2D eigenvalue weighted by molar-refractivity contribution is -0.123. The zero-order chi connectivity index (χ0) is 15.4. The number of aromatic nitrogens is 4. The summed E-state index contributed by atoms with van der Waals surface area (Å²) in [4.78, 5) is 16.3. The molecule has 2 aromatic rings. The van der Waals surface area contributed by atoms with E-state index in [1.54, 1.807) is 19.5 Å². The Hall–Kier alpha value is -2.28. The number of nitrogens with one attached hydrogen (secondary N) is 1. The van der Waals surface area contributed by atoms with E-state index in [4.69, 9.17) is 4.74 Å². The summed E-state index contributed by atoms with van der Waals surface area (Å²) in [5.74, 6) is 1.29. The third kappa shape index (κ3) is 2.85. The van der Waals surface area contributed by atoms with Crippen LogP contribution in [0.4, 0.5) is 0 Å². The molecule has 7 nitrogen and oxygen atoms in total. The number of rotatable bonds is 5. The third-order valence-corrected chi connectivity index (χ3v) is 3.83. The van der Waals surface area contributed by atoms with Crippen molar-refractivity contribution in [3.63, 3.8) is 0 Å². The number of nitrogens with zero attached hydrogens (tertiary/aromatic N) is 4. The van der Waals surface area contributed by atoms with Gasteiger partial charge in [0.05, 0.1) is 12.5 Å². The Balaban J connectivity index is 1.83. The van der Waals surface area contributed by atoms with Crippen molar-refractivity contribution < 1.29 is 9.53 Å². The normalized spacial score (nSPS) is 17.0. The molecular formula is C15H19N5O2. The van der Waals surface area contributed by atoms with Gasteiger partial charge in [0.25, 0.3) is 0 Å². The molecule has 3 heterocycles. The number of fused-ring (bicyclic) bond motifs is 1. The van der Waals surface area contributed by atoms with Crippen molar-refractivity contribution in [2.75, 3.05) is 20.3 Å². The number of ether oxygens (including phenoxy) is 1. The first kappa shape index (κ1) is 14.6. The minimum absolute atomic E-state index is 0.00771. The molecule has 116 valence electrons. The fourth-order valence-electron chi connectivity index (χ4n) is 2.74. The van der Waals surface area contributed by atoms with Gasteiger partial charge in [0.1, 0.15) is 5.82 Å². The highest BCUT2D eigenvalue weighted by Gasteiger charge is 2.30. The lowest BCUT2D eigenvalue weighted by atomic mass is 9.97. The number of hydrogen-bond donors (Lipinski definition) is 1. The van der Waals surface area contributed by atoms with E-state index < -0.39 is 0 Å². The summed E-state index contributed by atoms with van der Waals surface area (Å²) in [6, 6.07) is 3.80.